The Hall–Kier alpha value is -1.93. The van der Waals surface area contributed by atoms with Crippen LogP contribution in [0, 0.1) is 0 Å². The number of rotatable bonds is 7. The number of nitrogens with one attached hydrogen (secondary N) is 1. The first-order valence-corrected chi connectivity index (χ1v) is 11.2. The highest BCUT2D eigenvalue weighted by molar-refractivity contribution is 7.89. The maximum absolute atomic E-state index is 12.8. The van der Waals surface area contributed by atoms with Crippen LogP contribution in [0.5, 0.6) is 0 Å². The highest BCUT2D eigenvalue weighted by Crippen LogP contribution is 2.26. The minimum Gasteiger partial charge on any atom is -0.449 e. The molecule has 1 N–H and O–H groups in total. The number of amides is 1. The van der Waals surface area contributed by atoms with E-state index in [1.165, 1.54) is 35.5 Å². The van der Waals surface area contributed by atoms with Gasteiger partial charge in [0.25, 0.3) is 5.91 Å². The van der Waals surface area contributed by atoms with Gasteiger partial charge in [-0.05, 0) is 57.9 Å². The number of nitrogens with zero attached hydrogens (tertiary/aromatic N) is 1. The molecule has 1 aromatic rings. The van der Waals surface area contributed by atoms with Gasteiger partial charge in [0.1, 0.15) is 0 Å². The van der Waals surface area contributed by atoms with E-state index < -0.39 is 22.1 Å². The summed E-state index contributed by atoms with van der Waals surface area (Å²) in [7, 11) is -2.00. The molecule has 0 spiro atoms. The average Bonchev–Trinajstić information content (AvgIpc) is 2.67. The fourth-order valence-corrected chi connectivity index (χ4v) is 4.67. The number of carbonyl (C=O) groups excluding carboxylic acids is 2. The summed E-state index contributed by atoms with van der Waals surface area (Å²) in [6.45, 7) is 5.12. The quantitative estimate of drug-likeness (QED) is 0.698. The van der Waals surface area contributed by atoms with Crippen LogP contribution < -0.4 is 5.32 Å². The summed E-state index contributed by atoms with van der Waals surface area (Å²) < 4.78 is 32.3. The van der Waals surface area contributed by atoms with Gasteiger partial charge in [0, 0.05) is 19.1 Å². The van der Waals surface area contributed by atoms with E-state index >= 15 is 0 Å². The van der Waals surface area contributed by atoms with E-state index in [0.717, 1.165) is 32.1 Å². The van der Waals surface area contributed by atoms with Crippen LogP contribution in [-0.4, -0.2) is 49.8 Å². The van der Waals surface area contributed by atoms with Crippen LogP contribution in [0.3, 0.4) is 0 Å². The first kappa shape index (κ1) is 22.4. The molecule has 1 aromatic carbocycles. The van der Waals surface area contributed by atoms with Gasteiger partial charge >= 0.3 is 5.97 Å². The molecule has 1 amide bonds. The number of carbonyl (C=O) groups is 2. The molecule has 1 fully saturated rings. The largest absolute Gasteiger partial charge is 0.449 e. The second-order valence-electron chi connectivity index (χ2n) is 7.55. The second kappa shape index (κ2) is 9.52. The minimum atomic E-state index is -3.61. The van der Waals surface area contributed by atoms with Crippen LogP contribution in [0.2, 0.25) is 0 Å². The predicted molar refractivity (Wildman–Crippen MR) is 106 cm³/mol. The molecule has 0 unspecified atom stereocenters. The first-order chi connectivity index (χ1) is 13.1. The van der Waals surface area contributed by atoms with E-state index in [9.17, 15) is 18.0 Å². The second-order valence-corrected chi connectivity index (χ2v) is 9.55. The van der Waals surface area contributed by atoms with Crippen LogP contribution in [0.4, 0.5) is 0 Å². The van der Waals surface area contributed by atoms with Gasteiger partial charge in [-0.1, -0.05) is 19.3 Å². The van der Waals surface area contributed by atoms with Crippen molar-refractivity contribution < 1.29 is 22.7 Å². The highest BCUT2D eigenvalue weighted by atomic mass is 32.2. The summed E-state index contributed by atoms with van der Waals surface area (Å²) in [6, 6.07) is 5.60. The maximum atomic E-state index is 12.8. The zero-order valence-electron chi connectivity index (χ0n) is 17.0. The van der Waals surface area contributed by atoms with Crippen molar-refractivity contribution in [2.45, 2.75) is 76.0 Å². The molecule has 156 valence electrons. The van der Waals surface area contributed by atoms with E-state index in [1.807, 2.05) is 13.8 Å². The Kier molecular flexibility index (Phi) is 7.60. The fraction of sp³-hybridized carbons (Fsp3) is 0.600. The Balaban J connectivity index is 2.05. The van der Waals surface area contributed by atoms with Gasteiger partial charge < -0.3 is 10.1 Å². The Bertz CT molecular complexity index is 783. The molecular weight excluding hydrogens is 380 g/mol. The van der Waals surface area contributed by atoms with Crippen molar-refractivity contribution in [3.63, 3.8) is 0 Å². The van der Waals surface area contributed by atoms with E-state index in [2.05, 4.69) is 5.32 Å². The fourth-order valence-electron chi connectivity index (χ4n) is 3.25. The molecule has 0 aromatic heterocycles. The zero-order chi connectivity index (χ0) is 20.9. The van der Waals surface area contributed by atoms with Crippen molar-refractivity contribution in [2.24, 2.45) is 0 Å². The van der Waals surface area contributed by atoms with Crippen molar-refractivity contribution >= 4 is 21.9 Å². The molecule has 8 heteroatoms. The molecular formula is C20H30N2O5S. The summed E-state index contributed by atoms with van der Waals surface area (Å²) >= 11 is 0. The van der Waals surface area contributed by atoms with Crippen molar-refractivity contribution in [1.82, 2.24) is 9.62 Å². The smallest absolute Gasteiger partial charge is 0.338 e. The van der Waals surface area contributed by atoms with Crippen molar-refractivity contribution in [1.29, 1.82) is 0 Å². The summed E-state index contributed by atoms with van der Waals surface area (Å²) in [5.41, 5.74) is 0.198. The molecule has 0 saturated heterocycles. The van der Waals surface area contributed by atoms with E-state index in [1.54, 1.807) is 7.05 Å². The molecule has 2 rings (SSSR count). The molecule has 0 heterocycles. The van der Waals surface area contributed by atoms with Gasteiger partial charge in [0.05, 0.1) is 10.5 Å². The van der Waals surface area contributed by atoms with E-state index in [-0.39, 0.29) is 28.4 Å². The zero-order valence-corrected chi connectivity index (χ0v) is 17.8. The summed E-state index contributed by atoms with van der Waals surface area (Å²) in [6.07, 6.45) is 4.04. The topological polar surface area (TPSA) is 92.8 Å². The number of benzene rings is 1. The van der Waals surface area contributed by atoms with Gasteiger partial charge in [0.15, 0.2) is 6.10 Å². The lowest BCUT2D eigenvalue weighted by atomic mass is 9.96. The normalized spacial score (nSPS) is 16.8. The Labute approximate surface area is 167 Å². The standard InChI is InChI=1S/C20H30N2O5S/c1-14(2)21-19(23)15(3)27-20(24)16-10-12-18(13-11-16)28(25,26)22(4)17-8-6-5-7-9-17/h10-15,17H,5-9H2,1-4H3,(H,21,23)/t15-/m0/s1. The molecule has 1 atom stereocenters. The predicted octanol–water partition coefficient (Wildman–Crippen LogP) is 2.71. The number of ether oxygens (including phenoxy) is 1. The lowest BCUT2D eigenvalue weighted by Gasteiger charge is -2.30. The molecule has 0 bridgehead atoms. The maximum Gasteiger partial charge on any atom is 0.338 e. The van der Waals surface area contributed by atoms with E-state index in [0.29, 0.717) is 0 Å². The van der Waals surface area contributed by atoms with Crippen molar-refractivity contribution in [3.05, 3.63) is 29.8 Å². The summed E-state index contributed by atoms with van der Waals surface area (Å²) in [4.78, 5) is 24.2. The van der Waals surface area contributed by atoms with Crippen LogP contribution >= 0.6 is 0 Å². The van der Waals surface area contributed by atoms with Gasteiger partial charge in [0.2, 0.25) is 10.0 Å². The average molecular weight is 411 g/mol. The van der Waals surface area contributed by atoms with Gasteiger partial charge in [-0.3, -0.25) is 4.79 Å². The van der Waals surface area contributed by atoms with Gasteiger partial charge in [-0.25, -0.2) is 13.2 Å². The Morgan fingerprint density at radius 1 is 1.07 bits per heavy atom. The number of hydrogen-bond acceptors (Lipinski definition) is 5. The lowest BCUT2D eigenvalue weighted by Crippen LogP contribution is -2.39. The molecule has 7 nitrogen and oxygen atoms in total. The number of sulfonamides is 1. The number of esters is 1. The molecule has 28 heavy (non-hydrogen) atoms. The molecule has 1 aliphatic carbocycles. The first-order valence-electron chi connectivity index (χ1n) is 9.72. The van der Waals surface area contributed by atoms with Crippen LogP contribution in [0.25, 0.3) is 0 Å². The van der Waals surface area contributed by atoms with Crippen LogP contribution in [0.15, 0.2) is 29.2 Å². The summed E-state index contributed by atoms with van der Waals surface area (Å²) in [5, 5.41) is 2.67. The Morgan fingerprint density at radius 3 is 2.18 bits per heavy atom. The van der Waals surface area contributed by atoms with Crippen LogP contribution in [-0.2, 0) is 19.6 Å². The van der Waals surface area contributed by atoms with Crippen molar-refractivity contribution in [2.75, 3.05) is 7.05 Å². The SMILES string of the molecule is CC(C)NC(=O)[C@H](C)OC(=O)c1ccc(S(=O)(=O)N(C)C2CCCCC2)cc1. The third-order valence-corrected chi connectivity index (χ3v) is 6.86. The summed E-state index contributed by atoms with van der Waals surface area (Å²) in [5.74, 6) is -1.05. The molecule has 0 radical (unpaired) electrons. The molecule has 1 saturated carbocycles. The van der Waals surface area contributed by atoms with E-state index in [4.69, 9.17) is 4.74 Å². The monoisotopic (exact) mass is 410 g/mol. The third kappa shape index (κ3) is 5.54. The molecule has 0 aliphatic heterocycles. The Morgan fingerprint density at radius 2 is 1.64 bits per heavy atom. The van der Waals surface area contributed by atoms with Crippen molar-refractivity contribution in [3.8, 4) is 0 Å². The lowest BCUT2D eigenvalue weighted by molar-refractivity contribution is -0.129. The number of hydrogen-bond donors (Lipinski definition) is 1. The third-order valence-electron chi connectivity index (χ3n) is 4.94. The van der Waals surface area contributed by atoms with Crippen LogP contribution in [0.1, 0.15) is 63.2 Å². The minimum absolute atomic E-state index is 0.0173. The molecule has 1 aliphatic rings. The van der Waals surface area contributed by atoms with Gasteiger partial charge in [-0.2, -0.15) is 4.31 Å². The van der Waals surface area contributed by atoms with Gasteiger partial charge in [-0.15, -0.1) is 0 Å². The highest BCUT2D eigenvalue weighted by Gasteiger charge is 2.29.